The Morgan fingerprint density at radius 1 is 1.42 bits per heavy atom. The summed E-state index contributed by atoms with van der Waals surface area (Å²) >= 11 is 0. The fraction of sp³-hybridized carbons (Fsp3) is 1.00. The average molecular weight is 326 g/mol. The zero-order valence-corrected chi connectivity index (χ0v) is 12.1. The van der Waals surface area contributed by atoms with Crippen molar-refractivity contribution in [3.05, 3.63) is 0 Å². The lowest BCUT2D eigenvalue weighted by atomic mass is 10.6. The van der Waals surface area contributed by atoms with Gasteiger partial charge in [-0.2, -0.15) is 4.31 Å². The Balaban J connectivity index is 0. The van der Waals surface area contributed by atoms with Crippen molar-refractivity contribution in [2.75, 3.05) is 20.0 Å². The summed E-state index contributed by atoms with van der Waals surface area (Å²) in [6.07, 6.45) is 0. The van der Waals surface area contributed by atoms with Gasteiger partial charge in [0.1, 0.15) is 0 Å². The van der Waals surface area contributed by atoms with Crippen LogP contribution in [-0.4, -0.2) is 30.5 Å². The second-order valence-electron chi connectivity index (χ2n) is 3.41. The molecule has 1 N–H and O–H groups in total. The normalized spacial score (nSPS) is 16.9. The summed E-state index contributed by atoms with van der Waals surface area (Å²) in [7, 11) is -4.94. The molecule has 1 unspecified atom stereocenters. The van der Waals surface area contributed by atoms with E-state index in [0.717, 1.165) is 0 Å². The molecular formula is C6H17IO3P2. The quantitative estimate of drug-likeness (QED) is 0.558. The van der Waals surface area contributed by atoms with Crippen LogP contribution in [0.1, 0.15) is 13.8 Å². The lowest BCUT2D eigenvalue weighted by Gasteiger charge is -2.21. The summed E-state index contributed by atoms with van der Waals surface area (Å²) in [4.78, 5) is 8.96. The second-order valence-corrected chi connectivity index (χ2v) is 9.57. The van der Waals surface area contributed by atoms with Crippen molar-refractivity contribution < 1.29 is 37.7 Å². The van der Waals surface area contributed by atoms with E-state index in [1.165, 1.54) is 6.66 Å². The summed E-state index contributed by atoms with van der Waals surface area (Å²) in [6, 6.07) is 0. The first kappa shape index (κ1) is 15.8. The predicted octanol–water partition coefficient (Wildman–Crippen LogP) is -0.577. The molecule has 0 rings (SSSR count). The van der Waals surface area contributed by atoms with Crippen LogP contribution in [0.2, 0.25) is 0 Å². The Labute approximate surface area is 92.2 Å². The third kappa shape index (κ3) is 6.79. The highest BCUT2D eigenvalue weighted by atomic mass is 127. The molecule has 76 valence electrons. The minimum absolute atomic E-state index is 0. The van der Waals surface area contributed by atoms with Gasteiger partial charge in [0.05, 0.1) is 19.0 Å². The van der Waals surface area contributed by atoms with Crippen molar-refractivity contribution in [3.63, 3.8) is 0 Å². The lowest BCUT2D eigenvalue weighted by Crippen LogP contribution is -3.00. The lowest BCUT2D eigenvalue weighted by molar-refractivity contribution is -0.00000760. The summed E-state index contributed by atoms with van der Waals surface area (Å²) in [5, 5.41) is 0. The van der Waals surface area contributed by atoms with Crippen LogP contribution >= 0.6 is 15.1 Å². The van der Waals surface area contributed by atoms with Crippen LogP contribution in [0.5, 0.6) is 0 Å². The molecule has 0 aromatic rings. The Hall–Kier alpha value is 1.31. The van der Waals surface area contributed by atoms with Gasteiger partial charge < -0.3 is 28.9 Å². The molecule has 0 aliphatic carbocycles. The van der Waals surface area contributed by atoms with Crippen molar-refractivity contribution in [3.8, 4) is 0 Å². The van der Waals surface area contributed by atoms with E-state index in [4.69, 9.17) is 9.20 Å². The number of rotatable bonds is 3. The first-order chi connectivity index (χ1) is 4.65. The third-order valence-electron chi connectivity index (χ3n) is 1.61. The fourth-order valence-corrected chi connectivity index (χ4v) is 4.36. The first-order valence-corrected chi connectivity index (χ1v) is 8.20. The molecule has 0 radical (unpaired) electrons. The van der Waals surface area contributed by atoms with Gasteiger partial charge in [-0.05, 0) is 13.8 Å². The van der Waals surface area contributed by atoms with Gasteiger partial charge in [0.25, 0.3) is 0 Å². The van der Waals surface area contributed by atoms with E-state index < -0.39 is 15.1 Å². The molecule has 0 aromatic carbocycles. The van der Waals surface area contributed by atoms with Crippen LogP contribution < -0.4 is 24.0 Å². The van der Waals surface area contributed by atoms with Crippen LogP contribution in [0.3, 0.4) is 0 Å². The van der Waals surface area contributed by atoms with Gasteiger partial charge in [-0.15, -0.1) is 0 Å². The maximum Gasteiger partial charge on any atom is 0.358 e. The average Bonchev–Trinajstić information content (AvgIpc) is 1.56. The van der Waals surface area contributed by atoms with Crippen molar-refractivity contribution in [2.45, 2.75) is 19.5 Å². The van der Waals surface area contributed by atoms with Gasteiger partial charge >= 0.3 is 7.60 Å². The number of halogens is 1. The Bertz CT molecular complexity index is 176. The van der Waals surface area contributed by atoms with Crippen LogP contribution in [0.4, 0.5) is 0 Å². The van der Waals surface area contributed by atoms with E-state index in [2.05, 4.69) is 0 Å². The van der Waals surface area contributed by atoms with Crippen LogP contribution in [0, 0.1) is 0 Å². The molecule has 1 atom stereocenters. The zero-order chi connectivity index (χ0) is 9.28. The van der Waals surface area contributed by atoms with Crippen LogP contribution in [0.25, 0.3) is 0 Å². The van der Waals surface area contributed by atoms with Crippen molar-refractivity contribution in [1.82, 2.24) is 0 Å². The molecule has 12 heavy (non-hydrogen) atoms. The van der Waals surface area contributed by atoms with E-state index in [1.54, 1.807) is 0 Å². The predicted molar refractivity (Wildman–Crippen MR) is 50.7 cm³/mol. The van der Waals surface area contributed by atoms with E-state index in [9.17, 15) is 4.57 Å². The first-order valence-electron chi connectivity index (χ1n) is 3.50. The zero-order valence-electron chi connectivity index (χ0n) is 8.11. The molecule has 0 aliphatic heterocycles. The summed E-state index contributed by atoms with van der Waals surface area (Å²) in [6.45, 7) is 9.08. The largest absolute Gasteiger partial charge is 1.00 e. The van der Waals surface area contributed by atoms with Crippen LogP contribution in [-0.2, 0) is 8.88 Å². The molecule has 6 heteroatoms. The van der Waals surface area contributed by atoms with Crippen molar-refractivity contribution in [1.29, 1.82) is 0 Å². The monoisotopic (exact) mass is 326 g/mol. The maximum absolute atomic E-state index is 10.9. The van der Waals surface area contributed by atoms with Crippen LogP contribution in [0.15, 0.2) is 0 Å². The minimum Gasteiger partial charge on any atom is -1.00 e. The molecular weight excluding hydrogens is 309 g/mol. The molecule has 0 heterocycles. The minimum atomic E-state index is -3.29. The molecule has 0 amide bonds. The Morgan fingerprint density at radius 3 is 1.83 bits per heavy atom. The third-order valence-corrected chi connectivity index (χ3v) is 6.99. The molecule has 0 aliphatic rings. The highest BCUT2D eigenvalue weighted by Crippen LogP contribution is 2.66. The number of hydrogen-bond donors (Lipinski definition) is 1. The van der Waals surface area contributed by atoms with Gasteiger partial charge in [0.2, 0.25) is 0 Å². The maximum atomic E-state index is 10.9. The molecule has 0 bridgehead atoms. The highest BCUT2D eigenvalue weighted by molar-refractivity contribution is 7.77. The van der Waals surface area contributed by atoms with Gasteiger partial charge in [-0.25, -0.2) is 0 Å². The van der Waals surface area contributed by atoms with E-state index in [-0.39, 0.29) is 24.0 Å². The van der Waals surface area contributed by atoms with Crippen molar-refractivity contribution in [2.24, 2.45) is 0 Å². The van der Waals surface area contributed by atoms with E-state index >= 15 is 0 Å². The van der Waals surface area contributed by atoms with Gasteiger partial charge in [-0.1, -0.05) is 0 Å². The summed E-state index contributed by atoms with van der Waals surface area (Å²) in [5.41, 5.74) is 0.336. The van der Waals surface area contributed by atoms with Gasteiger partial charge in [-0.3, -0.25) is 4.57 Å². The molecule has 0 fully saturated rings. The SMILES string of the molecule is CC(C)[P+](C)(C)OP(C)(=O)O.[I-]. The van der Waals surface area contributed by atoms with Gasteiger partial charge in [0.15, 0.2) is 7.49 Å². The second kappa shape index (κ2) is 5.26. The summed E-state index contributed by atoms with van der Waals surface area (Å²) < 4.78 is 16.0. The topological polar surface area (TPSA) is 46.5 Å². The van der Waals surface area contributed by atoms with Gasteiger partial charge in [0, 0.05) is 6.66 Å². The Morgan fingerprint density at radius 2 is 1.75 bits per heavy atom. The Kier molecular flexibility index (Phi) is 6.91. The smallest absolute Gasteiger partial charge is 0.358 e. The molecule has 0 aromatic heterocycles. The standard InChI is InChI=1S/C6H16O3P2.HI/c1-6(2)10(3,4)9-11(5,7)8;/h6H,1-5H3;1H. The highest BCUT2D eigenvalue weighted by Gasteiger charge is 2.37. The molecule has 0 saturated carbocycles. The molecule has 3 nitrogen and oxygen atoms in total. The number of hydrogen-bond acceptors (Lipinski definition) is 2. The van der Waals surface area contributed by atoms with E-state index in [0.29, 0.717) is 5.66 Å². The molecule has 0 saturated heterocycles. The molecule has 0 spiro atoms. The fourth-order valence-electron chi connectivity index (χ4n) is 0.485. The van der Waals surface area contributed by atoms with E-state index in [1.807, 2.05) is 27.2 Å². The summed E-state index contributed by atoms with van der Waals surface area (Å²) in [5.74, 6) is 0. The van der Waals surface area contributed by atoms with Crippen molar-refractivity contribution >= 4 is 15.1 Å².